The molecule has 0 aromatic rings. The predicted octanol–water partition coefficient (Wildman–Crippen LogP) is -2.77. The van der Waals surface area contributed by atoms with Crippen molar-refractivity contribution in [3.8, 4) is 0 Å². The molecule has 0 atom stereocenters. The Morgan fingerprint density at radius 3 is 0.571 bits per heavy atom. The van der Waals surface area contributed by atoms with E-state index in [9.17, 15) is 0 Å². The van der Waals surface area contributed by atoms with Gasteiger partial charge in [0.2, 0.25) is 0 Å². The molecular weight excluding hydrogens is 182 g/mol. The maximum atomic E-state index is 0. The molecule has 4 nitrogen and oxygen atoms in total. The van der Waals surface area contributed by atoms with Gasteiger partial charge in [-0.1, -0.05) is 0 Å². The molecule has 0 fully saturated rings. The van der Waals surface area contributed by atoms with Crippen molar-refractivity contribution in [3.63, 3.8) is 0 Å². The van der Waals surface area contributed by atoms with Crippen LogP contribution in [0.15, 0.2) is 0 Å². The van der Waals surface area contributed by atoms with E-state index in [2.05, 4.69) is 0 Å². The Hall–Kier alpha value is 1.42. The van der Waals surface area contributed by atoms with Gasteiger partial charge in [0, 0.05) is 34.7 Å². The molecule has 0 aliphatic carbocycles. The molecule has 0 spiro atoms. The van der Waals surface area contributed by atoms with Crippen LogP contribution >= 0.6 is 0 Å². The van der Waals surface area contributed by atoms with Crippen molar-refractivity contribution in [1.29, 1.82) is 0 Å². The first-order valence-corrected chi connectivity index (χ1v) is 0. The molecule has 0 aromatic carbocycles. The predicted molar refractivity (Wildman–Crippen MR) is 22.6 cm³/mol. The third-order valence-corrected chi connectivity index (χ3v) is 0. The van der Waals surface area contributed by atoms with Gasteiger partial charge in [-0.3, -0.25) is 0 Å². The smallest absolute Gasteiger partial charge is 0.870 e. The van der Waals surface area contributed by atoms with Crippen LogP contribution < -0.4 is 0 Å². The summed E-state index contributed by atoms with van der Waals surface area (Å²) in [5, 5.41) is 0. The van der Waals surface area contributed by atoms with Gasteiger partial charge in [-0.05, 0) is 0 Å². The van der Waals surface area contributed by atoms with Gasteiger partial charge < -0.3 is 21.9 Å². The van der Waals surface area contributed by atoms with Gasteiger partial charge >= 0.3 is 17.1 Å². The van der Waals surface area contributed by atoms with Crippen LogP contribution in [0, 0.1) is 0 Å². The topological polar surface area (TPSA) is 123 Å². The van der Waals surface area contributed by atoms with E-state index in [-0.39, 0.29) is 73.7 Å². The number of hydrogen-bond donors (Lipinski definition) is 0. The van der Waals surface area contributed by atoms with Gasteiger partial charge in [0.25, 0.3) is 0 Å². The Morgan fingerprint density at radius 2 is 0.571 bits per heavy atom. The van der Waals surface area contributed by atoms with Crippen LogP contribution in [0.1, 0.15) is 0 Å². The van der Waals surface area contributed by atoms with Gasteiger partial charge in [0.15, 0.2) is 0 Å². The molecule has 0 unspecified atom stereocenters. The molecule has 0 aliphatic heterocycles. The summed E-state index contributed by atoms with van der Waals surface area (Å²) < 4.78 is 0. The first kappa shape index (κ1) is 229. The van der Waals surface area contributed by atoms with Crippen molar-refractivity contribution in [2.24, 2.45) is 0 Å². The molecule has 0 aliphatic rings. The Bertz CT molecular complexity index is 9.65. The van der Waals surface area contributed by atoms with Crippen LogP contribution in [0.5, 0.6) is 0 Å². The summed E-state index contributed by atoms with van der Waals surface area (Å²) in [5.74, 6) is 0. The molecule has 0 aromatic heterocycles. The Labute approximate surface area is 73.6 Å². The molecule has 0 rings (SSSR count). The largest absolute Gasteiger partial charge is 2.00 e. The summed E-state index contributed by atoms with van der Waals surface area (Å²) in [5.41, 5.74) is 0. The fraction of sp³-hybridized carbons (Fsp3) is 0. The van der Waals surface area contributed by atoms with Crippen molar-refractivity contribution in [2.45, 2.75) is 0 Å². The maximum Gasteiger partial charge on any atom is 2.00 e. The monoisotopic (exact) mass is 187 g/mol. The third-order valence-electron chi connectivity index (χ3n) is 0. The van der Waals surface area contributed by atoms with Crippen LogP contribution in [0.4, 0.5) is 0 Å². The van der Waals surface area contributed by atoms with Crippen LogP contribution in [0.2, 0.25) is 0 Å². The first-order chi connectivity index (χ1) is 0. The van der Waals surface area contributed by atoms with E-state index in [0.717, 1.165) is 0 Å². The quantitative estimate of drug-likeness (QED) is 0.381. The van der Waals surface area contributed by atoms with Crippen LogP contribution in [-0.4, -0.2) is 56.6 Å². The molecule has 0 heterocycles. The van der Waals surface area contributed by atoms with Crippen molar-refractivity contribution in [3.05, 3.63) is 0 Å². The molecule has 47 valence electrons. The van der Waals surface area contributed by atoms with E-state index in [1.807, 2.05) is 0 Å². The summed E-state index contributed by atoms with van der Waals surface area (Å²) >= 11 is 0. The molecular formula is H6Al2CuO4. The summed E-state index contributed by atoms with van der Waals surface area (Å²) in [6, 6.07) is 0. The molecule has 0 saturated heterocycles. The van der Waals surface area contributed by atoms with Crippen molar-refractivity contribution in [1.82, 2.24) is 0 Å². The van der Waals surface area contributed by atoms with Gasteiger partial charge in [0.1, 0.15) is 0 Å². The Balaban J connectivity index is 0. The fourth-order valence-electron chi connectivity index (χ4n) is 0. The molecule has 0 amide bonds. The van der Waals surface area contributed by atoms with Gasteiger partial charge in [-0.25, -0.2) is 0 Å². The molecule has 7 heavy (non-hydrogen) atoms. The average Bonchev–Trinajstić information content (AvgIpc) is 0. The molecule has 7 radical (unpaired) electrons. The van der Waals surface area contributed by atoms with E-state index in [1.54, 1.807) is 0 Å². The van der Waals surface area contributed by atoms with E-state index in [1.165, 1.54) is 0 Å². The summed E-state index contributed by atoms with van der Waals surface area (Å²) in [7, 11) is 0. The van der Waals surface area contributed by atoms with Gasteiger partial charge in [-0.15, -0.1) is 0 Å². The minimum atomic E-state index is 0. The second-order valence-corrected chi connectivity index (χ2v) is 0. The van der Waals surface area contributed by atoms with E-state index >= 15 is 0 Å². The van der Waals surface area contributed by atoms with Crippen LogP contribution in [0.3, 0.4) is 0 Å². The minimum Gasteiger partial charge on any atom is -0.870 e. The molecule has 6 N–H and O–H groups in total. The van der Waals surface area contributed by atoms with Crippen LogP contribution in [0.25, 0.3) is 0 Å². The van der Waals surface area contributed by atoms with Gasteiger partial charge in [-0.2, -0.15) is 0 Å². The second-order valence-electron chi connectivity index (χ2n) is 0. The normalized spacial score (nSPS) is 0. The summed E-state index contributed by atoms with van der Waals surface area (Å²) in [6.45, 7) is 0. The number of hydrogen-bond acceptors (Lipinski definition) is 2. The standard InChI is InChI=1S/2Al.Cu.4H2O/h;;;4*1H2/q;;+2;;;;/p-2. The average molecular weight is 188 g/mol. The van der Waals surface area contributed by atoms with Gasteiger partial charge in [0.05, 0.1) is 0 Å². The van der Waals surface area contributed by atoms with E-state index in [0.29, 0.717) is 0 Å². The van der Waals surface area contributed by atoms with Crippen molar-refractivity contribution in [2.75, 3.05) is 0 Å². The second kappa shape index (κ2) is 151. The summed E-state index contributed by atoms with van der Waals surface area (Å²) in [6.07, 6.45) is 0. The SMILES string of the molecule is O.O.[Al].[Al].[Cu+2].[OH-].[OH-]. The summed E-state index contributed by atoms with van der Waals surface area (Å²) in [4.78, 5) is 0. The van der Waals surface area contributed by atoms with Crippen LogP contribution in [-0.2, 0) is 17.1 Å². The minimum absolute atomic E-state index is 0. The molecule has 0 saturated carbocycles. The van der Waals surface area contributed by atoms with E-state index in [4.69, 9.17) is 0 Å². The Morgan fingerprint density at radius 1 is 0.571 bits per heavy atom. The molecule has 7 heteroatoms. The van der Waals surface area contributed by atoms with E-state index < -0.39 is 0 Å². The molecule has 0 bridgehead atoms. The van der Waals surface area contributed by atoms with Crippen molar-refractivity contribution < 1.29 is 39.0 Å². The zero-order chi connectivity index (χ0) is 0. The fourth-order valence-corrected chi connectivity index (χ4v) is 0. The zero-order valence-corrected chi connectivity index (χ0v) is 6.60. The maximum absolute atomic E-state index is 0. The Kier molecular flexibility index (Phi) is 4940. The first-order valence-electron chi connectivity index (χ1n) is 0. The third kappa shape index (κ3) is 108. The number of rotatable bonds is 0. The zero-order valence-electron chi connectivity index (χ0n) is 3.35. The van der Waals surface area contributed by atoms with Crippen molar-refractivity contribution >= 4 is 34.7 Å².